The number of amides is 1. The van der Waals surface area contributed by atoms with Crippen molar-refractivity contribution in [2.45, 2.75) is 20.8 Å². The Kier molecular flexibility index (Phi) is 5.62. The van der Waals surface area contributed by atoms with Crippen LogP contribution in [0.3, 0.4) is 0 Å². The molecule has 0 atom stereocenters. The molecule has 100 valence electrons. The van der Waals surface area contributed by atoms with Crippen LogP contribution in [0.25, 0.3) is 0 Å². The molecule has 0 saturated carbocycles. The molecule has 3 nitrogen and oxygen atoms in total. The second-order valence-electron chi connectivity index (χ2n) is 4.06. The van der Waals surface area contributed by atoms with E-state index in [-0.39, 0.29) is 11.7 Å². The van der Waals surface area contributed by atoms with Crippen LogP contribution in [-0.4, -0.2) is 37.0 Å². The van der Waals surface area contributed by atoms with Crippen molar-refractivity contribution in [3.05, 3.63) is 30.1 Å². The number of carbonyl (C=O) groups is 1. The second kappa shape index (κ2) is 6.99. The maximum Gasteiger partial charge on any atom is 0.242 e. The van der Waals surface area contributed by atoms with Gasteiger partial charge in [-0.1, -0.05) is 0 Å². The normalized spacial score (nSPS) is 10.2. The number of hydrogen-bond donors (Lipinski definition) is 0. The average Bonchev–Trinajstić information content (AvgIpc) is 2.38. The summed E-state index contributed by atoms with van der Waals surface area (Å²) in [6, 6.07) is 6.24. The number of carbonyl (C=O) groups excluding carboxylic acids is 1. The van der Waals surface area contributed by atoms with Gasteiger partial charge >= 0.3 is 0 Å². The third-order valence-electron chi connectivity index (χ3n) is 3.02. The molecule has 0 unspecified atom stereocenters. The lowest BCUT2D eigenvalue weighted by atomic mass is 10.2. The van der Waals surface area contributed by atoms with Crippen molar-refractivity contribution in [2.24, 2.45) is 0 Å². The summed E-state index contributed by atoms with van der Waals surface area (Å²) in [5.74, 6) is -0.156. The molecule has 18 heavy (non-hydrogen) atoms. The van der Waals surface area contributed by atoms with Gasteiger partial charge in [-0.3, -0.25) is 4.79 Å². The highest BCUT2D eigenvalue weighted by Crippen LogP contribution is 2.14. The summed E-state index contributed by atoms with van der Waals surface area (Å²) in [6.45, 7) is 8.42. The average molecular weight is 252 g/mol. The number of nitrogens with zero attached hydrogens (tertiary/aromatic N) is 2. The predicted octanol–water partition coefficient (Wildman–Crippen LogP) is 2.52. The minimum absolute atomic E-state index is 0.103. The van der Waals surface area contributed by atoms with Crippen molar-refractivity contribution in [3.8, 4) is 0 Å². The standard InChI is InChI=1S/C14H21FN2O/c1-4-16(5-2)14(18)11-17(6-3)13-9-7-12(15)8-10-13/h7-10H,4-6,11H2,1-3H3. The third-order valence-corrected chi connectivity index (χ3v) is 3.02. The SMILES string of the molecule is CCN(CC)C(=O)CN(CC)c1ccc(F)cc1. The molecule has 0 bridgehead atoms. The molecule has 1 amide bonds. The van der Waals surface area contributed by atoms with Gasteiger partial charge in [-0.15, -0.1) is 0 Å². The molecule has 0 heterocycles. The van der Waals surface area contributed by atoms with Gasteiger partial charge in [0.05, 0.1) is 6.54 Å². The number of hydrogen-bond acceptors (Lipinski definition) is 2. The van der Waals surface area contributed by atoms with E-state index in [1.54, 1.807) is 17.0 Å². The molecule has 4 heteroatoms. The lowest BCUT2D eigenvalue weighted by molar-refractivity contribution is -0.129. The van der Waals surface area contributed by atoms with E-state index in [9.17, 15) is 9.18 Å². The summed E-state index contributed by atoms with van der Waals surface area (Å²) in [6.07, 6.45) is 0. The summed E-state index contributed by atoms with van der Waals surface area (Å²) < 4.78 is 12.9. The monoisotopic (exact) mass is 252 g/mol. The highest BCUT2D eigenvalue weighted by Gasteiger charge is 2.14. The smallest absolute Gasteiger partial charge is 0.242 e. The molecule has 1 aromatic rings. The quantitative estimate of drug-likeness (QED) is 0.776. The van der Waals surface area contributed by atoms with Crippen molar-refractivity contribution in [2.75, 3.05) is 31.1 Å². The fourth-order valence-electron chi connectivity index (χ4n) is 1.88. The van der Waals surface area contributed by atoms with Crippen LogP contribution in [0.1, 0.15) is 20.8 Å². The molecule has 0 aliphatic carbocycles. The fourth-order valence-corrected chi connectivity index (χ4v) is 1.88. The Morgan fingerprint density at radius 2 is 1.61 bits per heavy atom. The van der Waals surface area contributed by atoms with E-state index in [0.717, 1.165) is 25.3 Å². The van der Waals surface area contributed by atoms with E-state index in [4.69, 9.17) is 0 Å². The van der Waals surface area contributed by atoms with E-state index < -0.39 is 0 Å². The van der Waals surface area contributed by atoms with Crippen molar-refractivity contribution in [1.29, 1.82) is 0 Å². The molecule has 0 fully saturated rings. The topological polar surface area (TPSA) is 23.6 Å². The van der Waals surface area contributed by atoms with Crippen LogP contribution in [-0.2, 0) is 4.79 Å². The van der Waals surface area contributed by atoms with Crippen molar-refractivity contribution >= 4 is 11.6 Å². The zero-order valence-electron chi connectivity index (χ0n) is 11.3. The number of benzene rings is 1. The van der Waals surface area contributed by atoms with Gasteiger partial charge in [0, 0.05) is 25.3 Å². The van der Waals surface area contributed by atoms with E-state index in [0.29, 0.717) is 6.54 Å². The molecule has 0 saturated heterocycles. The maximum absolute atomic E-state index is 12.9. The Labute approximate surface area is 108 Å². The summed E-state index contributed by atoms with van der Waals surface area (Å²) in [5, 5.41) is 0. The Hall–Kier alpha value is -1.58. The molecule has 1 aromatic carbocycles. The number of anilines is 1. The van der Waals surface area contributed by atoms with Crippen LogP contribution in [0, 0.1) is 5.82 Å². The van der Waals surface area contributed by atoms with Crippen molar-refractivity contribution < 1.29 is 9.18 Å². The summed E-state index contributed by atoms with van der Waals surface area (Å²) in [7, 11) is 0. The van der Waals surface area contributed by atoms with E-state index >= 15 is 0 Å². The molecule has 0 spiro atoms. The van der Waals surface area contributed by atoms with E-state index in [1.807, 2.05) is 25.7 Å². The molecule has 0 aromatic heterocycles. The van der Waals surface area contributed by atoms with Gasteiger partial charge in [0.25, 0.3) is 0 Å². The van der Waals surface area contributed by atoms with E-state index in [1.165, 1.54) is 12.1 Å². The van der Waals surface area contributed by atoms with Gasteiger partial charge in [-0.25, -0.2) is 4.39 Å². The molecular formula is C14H21FN2O. The van der Waals surface area contributed by atoms with Crippen LogP contribution in [0.4, 0.5) is 10.1 Å². The fraction of sp³-hybridized carbons (Fsp3) is 0.500. The van der Waals surface area contributed by atoms with Crippen LogP contribution in [0.5, 0.6) is 0 Å². The zero-order chi connectivity index (χ0) is 13.5. The van der Waals surface area contributed by atoms with Crippen molar-refractivity contribution in [3.63, 3.8) is 0 Å². The third kappa shape index (κ3) is 3.72. The van der Waals surface area contributed by atoms with Crippen LogP contribution in [0.15, 0.2) is 24.3 Å². The van der Waals surface area contributed by atoms with Crippen LogP contribution >= 0.6 is 0 Å². The molecule has 0 radical (unpaired) electrons. The minimum Gasteiger partial charge on any atom is -0.362 e. The van der Waals surface area contributed by atoms with Gasteiger partial charge < -0.3 is 9.80 Å². The first-order valence-corrected chi connectivity index (χ1v) is 6.40. The Morgan fingerprint density at radius 3 is 2.06 bits per heavy atom. The van der Waals surface area contributed by atoms with Gasteiger partial charge in [-0.05, 0) is 45.0 Å². The molecular weight excluding hydrogens is 231 g/mol. The largest absolute Gasteiger partial charge is 0.362 e. The zero-order valence-corrected chi connectivity index (χ0v) is 11.3. The summed E-state index contributed by atoms with van der Waals surface area (Å²) in [4.78, 5) is 15.8. The molecule has 0 aliphatic heterocycles. The van der Waals surface area contributed by atoms with E-state index in [2.05, 4.69) is 0 Å². The van der Waals surface area contributed by atoms with Gasteiger partial charge in [0.2, 0.25) is 5.91 Å². The van der Waals surface area contributed by atoms with Gasteiger partial charge in [0.15, 0.2) is 0 Å². The lowest BCUT2D eigenvalue weighted by Crippen LogP contribution is -2.40. The highest BCUT2D eigenvalue weighted by molar-refractivity contribution is 5.81. The summed E-state index contributed by atoms with van der Waals surface area (Å²) in [5.41, 5.74) is 0.874. The first kappa shape index (κ1) is 14.5. The Bertz CT molecular complexity index is 374. The number of halogens is 1. The lowest BCUT2D eigenvalue weighted by Gasteiger charge is -2.26. The first-order valence-electron chi connectivity index (χ1n) is 6.40. The maximum atomic E-state index is 12.9. The molecule has 0 N–H and O–H groups in total. The minimum atomic E-state index is -0.259. The predicted molar refractivity (Wildman–Crippen MR) is 72.2 cm³/mol. The second-order valence-corrected chi connectivity index (χ2v) is 4.06. The van der Waals surface area contributed by atoms with Crippen LogP contribution < -0.4 is 4.90 Å². The highest BCUT2D eigenvalue weighted by atomic mass is 19.1. The molecule has 0 aliphatic rings. The number of rotatable bonds is 6. The number of likely N-dealkylation sites (N-methyl/N-ethyl adjacent to an activating group) is 2. The molecule has 1 rings (SSSR count). The first-order chi connectivity index (χ1) is 8.62. The van der Waals surface area contributed by atoms with Gasteiger partial charge in [-0.2, -0.15) is 0 Å². The Balaban J connectivity index is 2.73. The summed E-state index contributed by atoms with van der Waals surface area (Å²) >= 11 is 0. The van der Waals surface area contributed by atoms with Gasteiger partial charge in [0.1, 0.15) is 5.82 Å². The van der Waals surface area contributed by atoms with Crippen LogP contribution in [0.2, 0.25) is 0 Å². The Morgan fingerprint density at radius 1 is 1.06 bits per heavy atom. The van der Waals surface area contributed by atoms with Crippen molar-refractivity contribution in [1.82, 2.24) is 4.90 Å².